The Morgan fingerprint density at radius 1 is 0.933 bits per heavy atom. The molecule has 2 bridgehead atoms. The lowest BCUT2D eigenvalue weighted by Gasteiger charge is -2.36. The number of ether oxygens (including phenoxy) is 4. The van der Waals surface area contributed by atoms with Crippen LogP contribution in [0.1, 0.15) is 20.3 Å². The summed E-state index contributed by atoms with van der Waals surface area (Å²) in [6.45, 7) is 4.09. The van der Waals surface area contributed by atoms with E-state index in [0.717, 1.165) is 0 Å². The molecule has 4 nitrogen and oxygen atoms in total. The first kappa shape index (κ1) is 8.01. The fourth-order valence-corrected chi connectivity index (χ4v) is 4.90. The van der Waals surface area contributed by atoms with Crippen LogP contribution >= 0.6 is 0 Å². The average molecular weight is 210 g/mol. The molecule has 0 N–H and O–H groups in total. The molecule has 4 saturated heterocycles. The van der Waals surface area contributed by atoms with Gasteiger partial charge in [0, 0.05) is 23.7 Å². The summed E-state index contributed by atoms with van der Waals surface area (Å²) in [7, 11) is 0. The Labute approximate surface area is 87.8 Å². The van der Waals surface area contributed by atoms with Crippen LogP contribution in [0.5, 0.6) is 0 Å². The lowest BCUT2D eigenvalue weighted by atomic mass is 9.83. The summed E-state index contributed by atoms with van der Waals surface area (Å²) in [5.74, 6) is 1.10. The fourth-order valence-electron chi connectivity index (χ4n) is 4.90. The van der Waals surface area contributed by atoms with Crippen molar-refractivity contribution in [1.29, 1.82) is 0 Å². The molecule has 1 aliphatic carbocycles. The van der Waals surface area contributed by atoms with E-state index < -0.39 is 11.6 Å². The SMILES string of the molecule is C[C@@]12O[C@@H]3O[C@H]4O[C@@](C)(O1)[C@@H]1[C@H]4C[C@H]3[C@H]12. The quantitative estimate of drug-likeness (QED) is 0.599. The van der Waals surface area contributed by atoms with Gasteiger partial charge >= 0.3 is 0 Å². The number of rotatable bonds is 0. The Balaban J connectivity index is 1.80. The van der Waals surface area contributed by atoms with E-state index in [2.05, 4.69) is 0 Å². The monoisotopic (exact) mass is 210 g/mol. The van der Waals surface area contributed by atoms with Crippen LogP contribution in [-0.2, 0) is 18.9 Å². The summed E-state index contributed by atoms with van der Waals surface area (Å²) in [5.41, 5.74) is 0. The zero-order valence-corrected chi connectivity index (χ0v) is 8.80. The highest BCUT2D eigenvalue weighted by atomic mass is 16.9. The first-order chi connectivity index (χ1) is 7.11. The predicted molar refractivity (Wildman–Crippen MR) is 47.3 cm³/mol. The van der Waals surface area contributed by atoms with Crippen molar-refractivity contribution in [3.05, 3.63) is 0 Å². The van der Waals surface area contributed by atoms with Gasteiger partial charge in [-0.05, 0) is 20.3 Å². The third-order valence-corrected chi connectivity index (χ3v) is 5.14. The molecule has 4 heterocycles. The molecule has 1 saturated carbocycles. The van der Waals surface area contributed by atoms with E-state index in [4.69, 9.17) is 18.9 Å². The Morgan fingerprint density at radius 2 is 1.47 bits per heavy atom. The van der Waals surface area contributed by atoms with Gasteiger partial charge in [-0.1, -0.05) is 0 Å². The Kier molecular flexibility index (Phi) is 1.00. The lowest BCUT2D eigenvalue weighted by Crippen LogP contribution is -2.43. The summed E-state index contributed by atoms with van der Waals surface area (Å²) in [5, 5.41) is 0. The Morgan fingerprint density at radius 3 is 2.00 bits per heavy atom. The maximum absolute atomic E-state index is 6.06. The van der Waals surface area contributed by atoms with E-state index in [1.54, 1.807) is 0 Å². The van der Waals surface area contributed by atoms with E-state index in [1.807, 2.05) is 13.8 Å². The molecule has 5 fully saturated rings. The van der Waals surface area contributed by atoms with Crippen LogP contribution in [-0.4, -0.2) is 24.2 Å². The topological polar surface area (TPSA) is 36.9 Å². The van der Waals surface area contributed by atoms with Crippen molar-refractivity contribution in [2.45, 2.75) is 44.4 Å². The highest BCUT2D eigenvalue weighted by molar-refractivity contribution is 5.16. The molecule has 5 aliphatic rings. The standard InChI is InChI=1S/C11H14O4/c1-10-6-4-3-5-7(6)11(2,15-10)14-9(5)12-8(4)13-10/h4-9H,3H2,1-2H3/t4-,5+,6-,7-,8+,9+,10+,11-/m1/s1. The number of hydrogen-bond acceptors (Lipinski definition) is 4. The Bertz CT molecular complexity index is 340. The molecule has 0 aromatic carbocycles. The van der Waals surface area contributed by atoms with Crippen molar-refractivity contribution < 1.29 is 18.9 Å². The summed E-state index contributed by atoms with van der Waals surface area (Å²) >= 11 is 0. The highest BCUT2D eigenvalue weighted by Gasteiger charge is 2.80. The third-order valence-electron chi connectivity index (χ3n) is 5.14. The van der Waals surface area contributed by atoms with Gasteiger partial charge < -0.3 is 18.9 Å². The molecular formula is C11H14O4. The van der Waals surface area contributed by atoms with Gasteiger partial charge in [-0.15, -0.1) is 0 Å². The van der Waals surface area contributed by atoms with E-state index in [0.29, 0.717) is 23.7 Å². The summed E-state index contributed by atoms with van der Waals surface area (Å²) in [4.78, 5) is 0. The van der Waals surface area contributed by atoms with Gasteiger partial charge in [0.2, 0.25) is 0 Å². The van der Waals surface area contributed by atoms with Gasteiger partial charge in [-0.2, -0.15) is 0 Å². The molecule has 4 heteroatoms. The number of hydrogen-bond donors (Lipinski definition) is 0. The molecule has 0 radical (unpaired) electrons. The molecule has 4 aliphatic heterocycles. The van der Waals surface area contributed by atoms with Crippen molar-refractivity contribution in [2.75, 3.05) is 0 Å². The first-order valence-corrected chi connectivity index (χ1v) is 5.82. The maximum Gasteiger partial charge on any atom is 0.175 e. The Hall–Kier alpha value is -0.160. The highest BCUT2D eigenvalue weighted by Crippen LogP contribution is 2.71. The normalized spacial score (nSPS) is 77.2. The molecule has 8 atom stereocenters. The second-order valence-electron chi connectivity index (χ2n) is 5.86. The van der Waals surface area contributed by atoms with Crippen molar-refractivity contribution in [1.82, 2.24) is 0 Å². The largest absolute Gasteiger partial charge is 0.323 e. The van der Waals surface area contributed by atoms with Crippen LogP contribution < -0.4 is 0 Å². The first-order valence-electron chi connectivity index (χ1n) is 5.82. The zero-order chi connectivity index (χ0) is 10.00. The molecule has 0 aromatic heterocycles. The van der Waals surface area contributed by atoms with E-state index in [-0.39, 0.29) is 12.6 Å². The molecule has 5 rings (SSSR count). The third kappa shape index (κ3) is 0.622. The van der Waals surface area contributed by atoms with Crippen molar-refractivity contribution >= 4 is 0 Å². The van der Waals surface area contributed by atoms with Crippen molar-refractivity contribution in [2.24, 2.45) is 23.7 Å². The van der Waals surface area contributed by atoms with Crippen LogP contribution in [0.4, 0.5) is 0 Å². The van der Waals surface area contributed by atoms with E-state index in [9.17, 15) is 0 Å². The van der Waals surface area contributed by atoms with Crippen LogP contribution in [0, 0.1) is 23.7 Å². The fraction of sp³-hybridized carbons (Fsp3) is 1.00. The molecule has 0 aromatic rings. The second kappa shape index (κ2) is 1.88. The van der Waals surface area contributed by atoms with Gasteiger partial charge in [0.05, 0.1) is 0 Å². The van der Waals surface area contributed by atoms with Crippen molar-refractivity contribution in [3.8, 4) is 0 Å². The summed E-state index contributed by atoms with van der Waals surface area (Å²) in [6, 6.07) is 0. The smallest absolute Gasteiger partial charge is 0.175 e. The van der Waals surface area contributed by atoms with Crippen LogP contribution in [0.15, 0.2) is 0 Å². The van der Waals surface area contributed by atoms with Crippen molar-refractivity contribution in [3.63, 3.8) is 0 Å². The predicted octanol–water partition coefficient (Wildman–Crippen LogP) is 1.06. The van der Waals surface area contributed by atoms with E-state index in [1.165, 1.54) is 6.42 Å². The molecule has 0 amide bonds. The van der Waals surface area contributed by atoms with Crippen LogP contribution in [0.3, 0.4) is 0 Å². The summed E-state index contributed by atoms with van der Waals surface area (Å²) < 4.78 is 23.8. The molecule has 15 heavy (non-hydrogen) atoms. The van der Waals surface area contributed by atoms with E-state index >= 15 is 0 Å². The minimum Gasteiger partial charge on any atom is -0.323 e. The average Bonchev–Trinajstić information content (AvgIpc) is 2.70. The van der Waals surface area contributed by atoms with Gasteiger partial charge in [0.1, 0.15) is 0 Å². The minimum absolute atomic E-state index is 0.0869. The maximum atomic E-state index is 6.06. The van der Waals surface area contributed by atoms with Crippen LogP contribution in [0.25, 0.3) is 0 Å². The van der Waals surface area contributed by atoms with Gasteiger partial charge in [0.15, 0.2) is 24.2 Å². The molecule has 82 valence electrons. The zero-order valence-electron chi connectivity index (χ0n) is 8.80. The van der Waals surface area contributed by atoms with Crippen LogP contribution in [0.2, 0.25) is 0 Å². The molecule has 0 unspecified atom stereocenters. The lowest BCUT2D eigenvalue weighted by molar-refractivity contribution is -0.403. The van der Waals surface area contributed by atoms with Gasteiger partial charge in [0.25, 0.3) is 0 Å². The summed E-state index contributed by atoms with van der Waals surface area (Å²) in [6.07, 6.45) is 1.02. The molecular weight excluding hydrogens is 196 g/mol. The second-order valence-corrected chi connectivity index (χ2v) is 5.86. The minimum atomic E-state index is -0.463. The molecule has 0 spiro atoms. The van der Waals surface area contributed by atoms with Gasteiger partial charge in [-0.25, -0.2) is 0 Å². The van der Waals surface area contributed by atoms with Gasteiger partial charge in [-0.3, -0.25) is 0 Å².